The molecule has 0 aromatic rings. The van der Waals surface area contributed by atoms with Gasteiger partial charge >= 0.3 is 0 Å². The molecule has 6 rings (SSSR count). The van der Waals surface area contributed by atoms with Crippen LogP contribution in [0.4, 0.5) is 0 Å². The van der Waals surface area contributed by atoms with Crippen molar-refractivity contribution in [3.63, 3.8) is 0 Å². The van der Waals surface area contributed by atoms with Gasteiger partial charge in [-0.25, -0.2) is 0 Å². The summed E-state index contributed by atoms with van der Waals surface area (Å²) < 4.78 is 7.01. The molecule has 170 valence electrons. The molecule has 0 bridgehead atoms. The zero-order chi connectivity index (χ0) is 20.9. The predicted octanol–water partition coefficient (Wildman–Crippen LogP) is 5.37. The van der Waals surface area contributed by atoms with E-state index in [4.69, 9.17) is 4.74 Å². The largest absolute Gasteiger partial charge is 0.393 e. The van der Waals surface area contributed by atoms with Crippen molar-refractivity contribution in [2.24, 2.45) is 52.3 Å². The van der Waals surface area contributed by atoms with E-state index >= 15 is 0 Å². The molecule has 3 heteroatoms. The molecule has 0 aromatic heterocycles. The van der Waals surface area contributed by atoms with Crippen molar-refractivity contribution in [1.29, 1.82) is 0 Å². The lowest BCUT2D eigenvalue weighted by Gasteiger charge is -2.61. The standard InChI is InChI=1S/C27H45NO2/c1-16-7-12-27(28-15-16)17(2)24-23(30-27)14-22-20-6-5-18-13-19(29)8-10-25(18,3)21(20)9-11-26(22,24)4/h16-24,28-29H,5-15H2,1-4H3/t16-,17+,18-,19-,20+,21+,22-,23-,24?,25-,26-,27-/m0/s1. The summed E-state index contributed by atoms with van der Waals surface area (Å²) in [4.78, 5) is 0. The maximum atomic E-state index is 10.3. The minimum absolute atomic E-state index is 0.0319. The Morgan fingerprint density at radius 1 is 0.867 bits per heavy atom. The first kappa shape index (κ1) is 20.5. The third kappa shape index (κ3) is 2.61. The fourth-order valence-electron chi connectivity index (χ4n) is 10.4. The summed E-state index contributed by atoms with van der Waals surface area (Å²) in [6, 6.07) is 0. The minimum atomic E-state index is -0.0320. The number of rotatable bonds is 0. The summed E-state index contributed by atoms with van der Waals surface area (Å²) in [5.74, 6) is 5.57. The highest BCUT2D eigenvalue weighted by Gasteiger charge is 2.68. The van der Waals surface area contributed by atoms with Gasteiger partial charge in [0.05, 0.1) is 12.2 Å². The van der Waals surface area contributed by atoms with Gasteiger partial charge in [0.2, 0.25) is 0 Å². The molecule has 2 saturated heterocycles. The maximum absolute atomic E-state index is 10.3. The summed E-state index contributed by atoms with van der Waals surface area (Å²) in [5.41, 5.74) is 0.919. The van der Waals surface area contributed by atoms with Crippen molar-refractivity contribution in [3.05, 3.63) is 0 Å². The zero-order valence-corrected chi connectivity index (χ0v) is 19.8. The van der Waals surface area contributed by atoms with Crippen LogP contribution < -0.4 is 5.32 Å². The van der Waals surface area contributed by atoms with Crippen LogP contribution in [0.2, 0.25) is 0 Å². The van der Waals surface area contributed by atoms with E-state index < -0.39 is 0 Å². The summed E-state index contributed by atoms with van der Waals surface area (Å²) >= 11 is 0. The predicted molar refractivity (Wildman–Crippen MR) is 120 cm³/mol. The molecule has 0 amide bonds. The number of piperidine rings is 1. The molecule has 1 unspecified atom stereocenters. The SMILES string of the molecule is C[C@H]1CC[C@]2(NC1)O[C@H]1C[C@H]3[C@@H]4CC[C@H]5C[C@@H](O)CC[C@]5(C)[C@@H]4CC[C@]3(C)C1[C@H]2C. The smallest absolute Gasteiger partial charge is 0.122 e. The summed E-state index contributed by atoms with van der Waals surface area (Å²) in [6.45, 7) is 11.3. The van der Waals surface area contributed by atoms with Crippen molar-refractivity contribution in [1.82, 2.24) is 5.32 Å². The van der Waals surface area contributed by atoms with E-state index in [0.29, 0.717) is 22.9 Å². The first-order valence-corrected chi connectivity index (χ1v) is 13.4. The van der Waals surface area contributed by atoms with Gasteiger partial charge in [-0.05, 0) is 111 Å². The Morgan fingerprint density at radius 3 is 2.43 bits per heavy atom. The first-order valence-electron chi connectivity index (χ1n) is 13.4. The number of nitrogens with one attached hydrogen (secondary N) is 1. The Hall–Kier alpha value is -0.120. The fraction of sp³-hybridized carbons (Fsp3) is 1.00. The average molecular weight is 416 g/mol. The topological polar surface area (TPSA) is 41.5 Å². The molecule has 0 aromatic carbocycles. The normalized spacial score (nSPS) is 62.5. The molecule has 12 atom stereocenters. The molecule has 1 spiro atoms. The van der Waals surface area contributed by atoms with Crippen molar-refractivity contribution in [3.8, 4) is 0 Å². The van der Waals surface area contributed by atoms with Gasteiger partial charge < -0.3 is 9.84 Å². The minimum Gasteiger partial charge on any atom is -0.393 e. The second kappa shape index (κ2) is 6.70. The molecule has 3 nitrogen and oxygen atoms in total. The third-order valence-corrected chi connectivity index (χ3v) is 12.1. The highest BCUT2D eigenvalue weighted by atomic mass is 16.5. The number of hydrogen-bond acceptors (Lipinski definition) is 3. The maximum Gasteiger partial charge on any atom is 0.122 e. The van der Waals surface area contributed by atoms with Crippen molar-refractivity contribution >= 4 is 0 Å². The molecule has 2 N–H and O–H groups in total. The zero-order valence-electron chi connectivity index (χ0n) is 19.8. The average Bonchev–Trinajstić information content (AvgIpc) is 3.16. The van der Waals surface area contributed by atoms with Gasteiger partial charge in [-0.3, -0.25) is 5.32 Å². The molecule has 4 aliphatic carbocycles. The number of fused-ring (bicyclic) bond motifs is 7. The van der Waals surface area contributed by atoms with Crippen LogP contribution in [0.25, 0.3) is 0 Å². The van der Waals surface area contributed by atoms with Crippen LogP contribution in [0, 0.1) is 52.3 Å². The van der Waals surface area contributed by atoms with E-state index in [1.165, 1.54) is 51.4 Å². The molecule has 2 heterocycles. The van der Waals surface area contributed by atoms with E-state index in [2.05, 4.69) is 33.0 Å². The Morgan fingerprint density at radius 2 is 1.67 bits per heavy atom. The third-order valence-electron chi connectivity index (χ3n) is 12.1. The fourth-order valence-corrected chi connectivity index (χ4v) is 10.4. The summed E-state index contributed by atoms with van der Waals surface area (Å²) in [5, 5.41) is 14.2. The van der Waals surface area contributed by atoms with Gasteiger partial charge in [-0.1, -0.05) is 27.7 Å². The Bertz CT molecular complexity index is 686. The number of ether oxygens (including phenoxy) is 1. The van der Waals surface area contributed by atoms with Crippen molar-refractivity contribution < 1.29 is 9.84 Å². The van der Waals surface area contributed by atoms with E-state index in [0.717, 1.165) is 54.9 Å². The molecular formula is C27H45NO2. The Balaban J connectivity index is 1.26. The van der Waals surface area contributed by atoms with Crippen molar-refractivity contribution in [2.75, 3.05) is 6.54 Å². The van der Waals surface area contributed by atoms with E-state index in [1.807, 2.05) is 0 Å². The number of hydrogen-bond donors (Lipinski definition) is 2. The van der Waals surface area contributed by atoms with Crippen molar-refractivity contribution in [2.45, 2.75) is 110 Å². The lowest BCUT2D eigenvalue weighted by molar-refractivity contribution is -0.140. The quantitative estimate of drug-likeness (QED) is 0.559. The van der Waals surface area contributed by atoms with Gasteiger partial charge in [0.1, 0.15) is 5.72 Å². The number of aliphatic hydroxyl groups is 1. The highest BCUT2D eigenvalue weighted by Crippen LogP contribution is 2.71. The molecule has 30 heavy (non-hydrogen) atoms. The first-order chi connectivity index (χ1) is 14.3. The van der Waals surface area contributed by atoms with Crippen LogP contribution in [0.5, 0.6) is 0 Å². The molecule has 0 radical (unpaired) electrons. The van der Waals surface area contributed by atoms with Crippen LogP contribution >= 0.6 is 0 Å². The Labute approximate surface area is 184 Å². The second-order valence-corrected chi connectivity index (χ2v) is 13.3. The van der Waals surface area contributed by atoms with Crippen LogP contribution in [0.1, 0.15) is 91.9 Å². The summed E-state index contributed by atoms with van der Waals surface area (Å²) in [6.07, 6.45) is 13.2. The Kier molecular flexibility index (Phi) is 4.58. The van der Waals surface area contributed by atoms with Gasteiger partial charge in [0, 0.05) is 12.5 Å². The van der Waals surface area contributed by atoms with Crippen LogP contribution in [0.3, 0.4) is 0 Å². The van der Waals surface area contributed by atoms with E-state index in [1.54, 1.807) is 0 Å². The summed E-state index contributed by atoms with van der Waals surface area (Å²) in [7, 11) is 0. The molecule has 2 aliphatic heterocycles. The highest BCUT2D eigenvalue weighted by molar-refractivity contribution is 5.16. The van der Waals surface area contributed by atoms with Gasteiger partial charge in [-0.2, -0.15) is 0 Å². The second-order valence-electron chi connectivity index (χ2n) is 13.3. The molecular weight excluding hydrogens is 370 g/mol. The molecule has 6 fully saturated rings. The van der Waals surface area contributed by atoms with Crippen LogP contribution in [-0.2, 0) is 4.74 Å². The van der Waals surface area contributed by atoms with E-state index in [-0.39, 0.29) is 11.8 Å². The number of aliphatic hydroxyl groups excluding tert-OH is 1. The van der Waals surface area contributed by atoms with E-state index in [9.17, 15) is 5.11 Å². The molecule has 6 aliphatic rings. The van der Waals surface area contributed by atoms with Crippen LogP contribution in [0.15, 0.2) is 0 Å². The monoisotopic (exact) mass is 415 g/mol. The molecule has 4 saturated carbocycles. The van der Waals surface area contributed by atoms with Gasteiger partial charge in [0.25, 0.3) is 0 Å². The lowest BCUT2D eigenvalue weighted by Crippen LogP contribution is -2.57. The van der Waals surface area contributed by atoms with Gasteiger partial charge in [-0.15, -0.1) is 0 Å². The lowest BCUT2D eigenvalue weighted by atomic mass is 9.44. The van der Waals surface area contributed by atoms with Crippen LogP contribution in [-0.4, -0.2) is 29.6 Å². The van der Waals surface area contributed by atoms with Gasteiger partial charge in [0.15, 0.2) is 0 Å².